The molecule has 0 heterocycles. The molecule has 0 radical (unpaired) electrons. The van der Waals surface area contributed by atoms with E-state index in [4.69, 9.17) is 0 Å². The lowest BCUT2D eigenvalue weighted by Crippen LogP contribution is -2.28. The number of nitrogens with zero attached hydrogens (tertiary/aromatic N) is 1. The zero-order valence-electron chi connectivity index (χ0n) is 10.2. The summed E-state index contributed by atoms with van der Waals surface area (Å²) < 4.78 is 0. The molecule has 0 atom stereocenters. The first-order valence-electron chi connectivity index (χ1n) is 5.98. The van der Waals surface area contributed by atoms with Gasteiger partial charge in [-0.25, -0.2) is 0 Å². The first kappa shape index (κ1) is 12.8. The van der Waals surface area contributed by atoms with Crippen molar-refractivity contribution in [2.24, 2.45) is 0 Å². The van der Waals surface area contributed by atoms with E-state index in [1.165, 1.54) is 12.0 Å². The molecule has 0 unspecified atom stereocenters. The highest BCUT2D eigenvalue weighted by Crippen LogP contribution is 2.03. The average Bonchev–Trinajstić information content (AvgIpc) is 2.34. The molecule has 0 fully saturated rings. The fourth-order valence-electron chi connectivity index (χ4n) is 1.58. The predicted molar refractivity (Wildman–Crippen MR) is 70.2 cm³/mol. The van der Waals surface area contributed by atoms with Crippen LogP contribution in [0.2, 0.25) is 0 Å². The van der Waals surface area contributed by atoms with Crippen LogP contribution in [0.15, 0.2) is 43.1 Å². The highest BCUT2D eigenvalue weighted by Gasteiger charge is 1.99. The second-order valence-corrected chi connectivity index (χ2v) is 3.89. The van der Waals surface area contributed by atoms with Gasteiger partial charge in [0.2, 0.25) is 0 Å². The lowest BCUT2D eigenvalue weighted by Gasteiger charge is -2.20. The second-order valence-electron chi connectivity index (χ2n) is 3.89. The van der Waals surface area contributed by atoms with Crippen LogP contribution in [0, 0.1) is 0 Å². The standard InChI is InChI=1S/C14H22N2/c1-3-10-15-11-12-16(4-2)13-14-8-6-5-7-9-14/h4-9,15H,2-3,10-13H2,1H3. The van der Waals surface area contributed by atoms with Gasteiger partial charge in [-0.3, -0.25) is 0 Å². The summed E-state index contributed by atoms with van der Waals surface area (Å²) in [6.45, 7) is 10.1. The maximum atomic E-state index is 3.85. The van der Waals surface area contributed by atoms with Crippen molar-refractivity contribution < 1.29 is 0 Å². The molecule has 2 heteroatoms. The first-order valence-corrected chi connectivity index (χ1v) is 5.98. The third-order valence-corrected chi connectivity index (χ3v) is 2.49. The van der Waals surface area contributed by atoms with Crippen LogP contribution in [0.1, 0.15) is 18.9 Å². The van der Waals surface area contributed by atoms with Crippen molar-refractivity contribution in [1.29, 1.82) is 0 Å². The van der Waals surface area contributed by atoms with Gasteiger partial charge in [0.25, 0.3) is 0 Å². The molecule has 0 saturated heterocycles. The summed E-state index contributed by atoms with van der Waals surface area (Å²) in [5, 5.41) is 3.40. The van der Waals surface area contributed by atoms with Crippen LogP contribution in [-0.2, 0) is 6.54 Å². The zero-order chi connectivity index (χ0) is 11.6. The van der Waals surface area contributed by atoms with Crippen LogP contribution >= 0.6 is 0 Å². The number of benzene rings is 1. The Morgan fingerprint density at radius 2 is 2.00 bits per heavy atom. The van der Waals surface area contributed by atoms with Crippen LogP contribution in [0.25, 0.3) is 0 Å². The maximum absolute atomic E-state index is 3.85. The Labute approximate surface area is 99.0 Å². The molecule has 16 heavy (non-hydrogen) atoms. The molecule has 1 aromatic carbocycles. The molecule has 0 aliphatic rings. The summed E-state index contributed by atoms with van der Waals surface area (Å²) in [7, 11) is 0. The van der Waals surface area contributed by atoms with Crippen molar-refractivity contribution in [2.45, 2.75) is 19.9 Å². The van der Waals surface area contributed by atoms with E-state index in [1.54, 1.807) is 0 Å². The van der Waals surface area contributed by atoms with Gasteiger partial charge in [0.1, 0.15) is 0 Å². The SMILES string of the molecule is C=CN(CCNCCC)Cc1ccccc1. The van der Waals surface area contributed by atoms with Crippen molar-refractivity contribution >= 4 is 0 Å². The molecule has 1 N–H and O–H groups in total. The van der Waals surface area contributed by atoms with Crippen LogP contribution in [0.3, 0.4) is 0 Å². The van der Waals surface area contributed by atoms with E-state index < -0.39 is 0 Å². The maximum Gasteiger partial charge on any atom is 0.0424 e. The van der Waals surface area contributed by atoms with E-state index in [9.17, 15) is 0 Å². The molecule has 0 aromatic heterocycles. The Morgan fingerprint density at radius 1 is 1.25 bits per heavy atom. The number of hydrogen-bond donors (Lipinski definition) is 1. The predicted octanol–water partition coefficient (Wildman–Crippen LogP) is 2.63. The van der Waals surface area contributed by atoms with Crippen LogP contribution in [0.4, 0.5) is 0 Å². The fourth-order valence-corrected chi connectivity index (χ4v) is 1.58. The molecule has 1 rings (SSSR count). The third kappa shape index (κ3) is 4.99. The molecule has 0 aliphatic heterocycles. The minimum absolute atomic E-state index is 0.943. The van der Waals surface area contributed by atoms with Crippen LogP contribution < -0.4 is 5.32 Å². The van der Waals surface area contributed by atoms with Crippen LogP contribution in [-0.4, -0.2) is 24.5 Å². The Kier molecular flexibility index (Phi) is 6.35. The normalized spacial score (nSPS) is 10.1. The van der Waals surface area contributed by atoms with Crippen molar-refractivity contribution in [2.75, 3.05) is 19.6 Å². The highest BCUT2D eigenvalue weighted by atomic mass is 15.1. The Balaban J connectivity index is 2.29. The van der Waals surface area contributed by atoms with E-state index in [0.29, 0.717) is 0 Å². The van der Waals surface area contributed by atoms with Gasteiger partial charge in [-0.05, 0) is 24.7 Å². The molecule has 0 bridgehead atoms. The van der Waals surface area contributed by atoms with E-state index >= 15 is 0 Å². The Bertz CT molecular complexity index is 282. The molecule has 2 nitrogen and oxygen atoms in total. The number of rotatable bonds is 8. The average molecular weight is 218 g/mol. The van der Waals surface area contributed by atoms with E-state index in [1.807, 2.05) is 12.3 Å². The van der Waals surface area contributed by atoms with E-state index in [2.05, 4.69) is 48.0 Å². The molecule has 0 aliphatic carbocycles. The minimum atomic E-state index is 0.943. The summed E-state index contributed by atoms with van der Waals surface area (Å²) in [6.07, 6.45) is 3.10. The summed E-state index contributed by atoms with van der Waals surface area (Å²) in [4.78, 5) is 2.23. The topological polar surface area (TPSA) is 15.3 Å². The molecule has 1 aromatic rings. The lowest BCUT2D eigenvalue weighted by molar-refractivity contribution is 0.365. The zero-order valence-corrected chi connectivity index (χ0v) is 10.2. The number of hydrogen-bond acceptors (Lipinski definition) is 2. The molecular formula is C14H22N2. The van der Waals surface area contributed by atoms with Gasteiger partial charge in [-0.1, -0.05) is 43.8 Å². The van der Waals surface area contributed by atoms with Gasteiger partial charge in [-0.2, -0.15) is 0 Å². The van der Waals surface area contributed by atoms with Gasteiger partial charge >= 0.3 is 0 Å². The Hall–Kier alpha value is -1.28. The largest absolute Gasteiger partial charge is 0.372 e. The van der Waals surface area contributed by atoms with Gasteiger partial charge in [-0.15, -0.1) is 0 Å². The monoisotopic (exact) mass is 218 g/mol. The van der Waals surface area contributed by atoms with Gasteiger partial charge in [0, 0.05) is 19.6 Å². The van der Waals surface area contributed by atoms with Gasteiger partial charge in [0.15, 0.2) is 0 Å². The third-order valence-electron chi connectivity index (χ3n) is 2.49. The first-order chi connectivity index (χ1) is 7.86. The molecule has 88 valence electrons. The minimum Gasteiger partial charge on any atom is -0.372 e. The summed E-state index contributed by atoms with van der Waals surface area (Å²) in [5.74, 6) is 0. The molecule has 0 spiro atoms. The van der Waals surface area contributed by atoms with E-state index in [0.717, 1.165) is 26.2 Å². The fraction of sp³-hybridized carbons (Fsp3) is 0.429. The van der Waals surface area contributed by atoms with Crippen LogP contribution in [0.5, 0.6) is 0 Å². The smallest absolute Gasteiger partial charge is 0.0424 e. The number of nitrogens with one attached hydrogen (secondary N) is 1. The highest BCUT2D eigenvalue weighted by molar-refractivity contribution is 5.14. The Morgan fingerprint density at radius 3 is 2.62 bits per heavy atom. The summed E-state index contributed by atoms with van der Waals surface area (Å²) >= 11 is 0. The van der Waals surface area contributed by atoms with Crippen molar-refractivity contribution in [3.8, 4) is 0 Å². The van der Waals surface area contributed by atoms with Crippen molar-refractivity contribution in [3.63, 3.8) is 0 Å². The second kappa shape index (κ2) is 7.94. The molecule has 0 saturated carbocycles. The lowest BCUT2D eigenvalue weighted by atomic mass is 10.2. The van der Waals surface area contributed by atoms with E-state index in [-0.39, 0.29) is 0 Å². The van der Waals surface area contributed by atoms with Gasteiger partial charge in [0.05, 0.1) is 0 Å². The molecule has 0 amide bonds. The quantitative estimate of drug-likeness (QED) is 0.675. The summed E-state index contributed by atoms with van der Waals surface area (Å²) in [6, 6.07) is 10.5. The van der Waals surface area contributed by atoms with Gasteiger partial charge < -0.3 is 10.2 Å². The van der Waals surface area contributed by atoms with Crippen molar-refractivity contribution in [3.05, 3.63) is 48.7 Å². The summed E-state index contributed by atoms with van der Waals surface area (Å²) in [5.41, 5.74) is 1.33. The molecular weight excluding hydrogens is 196 g/mol. The van der Waals surface area contributed by atoms with Crippen molar-refractivity contribution in [1.82, 2.24) is 10.2 Å².